The molecule has 0 saturated heterocycles. The number of aromatic carboxylic acids is 1. The summed E-state index contributed by atoms with van der Waals surface area (Å²) in [4.78, 5) is 33.9. The number of pyridine rings is 1. The largest absolute Gasteiger partial charge is 0.475 e. The minimum atomic E-state index is -1.28. The van der Waals surface area contributed by atoms with Crippen LogP contribution in [0.3, 0.4) is 0 Å². The number of carboxylic acids is 1. The molecule has 1 amide bonds. The maximum Gasteiger partial charge on any atom is 0.374 e. The molecule has 0 bridgehead atoms. The first-order valence-electron chi connectivity index (χ1n) is 8.16. The van der Waals surface area contributed by atoms with Crippen LogP contribution in [0.2, 0.25) is 0 Å². The summed E-state index contributed by atoms with van der Waals surface area (Å²) in [6.45, 7) is 0.358. The number of hydrogen-bond acceptors (Lipinski definition) is 6. The molecule has 1 saturated carbocycles. The molecule has 4 rings (SSSR count). The van der Waals surface area contributed by atoms with Crippen molar-refractivity contribution in [1.82, 2.24) is 19.4 Å². The van der Waals surface area contributed by atoms with Gasteiger partial charge in [-0.15, -0.1) is 0 Å². The summed E-state index contributed by atoms with van der Waals surface area (Å²) < 4.78 is 1.99. The van der Waals surface area contributed by atoms with Crippen molar-refractivity contribution in [1.29, 1.82) is 0 Å². The van der Waals surface area contributed by atoms with Crippen molar-refractivity contribution < 1.29 is 14.7 Å². The van der Waals surface area contributed by atoms with E-state index in [9.17, 15) is 9.59 Å². The fourth-order valence-electron chi connectivity index (χ4n) is 2.75. The first-order valence-corrected chi connectivity index (χ1v) is 8.16. The third kappa shape index (κ3) is 3.32. The molecule has 0 aromatic carbocycles. The number of carbonyl (C=O) groups is 2. The van der Waals surface area contributed by atoms with Crippen LogP contribution in [0.1, 0.15) is 40.6 Å². The molecule has 132 valence electrons. The monoisotopic (exact) mass is 352 g/mol. The maximum absolute atomic E-state index is 11.1. The summed E-state index contributed by atoms with van der Waals surface area (Å²) >= 11 is 0. The Morgan fingerprint density at radius 2 is 2.04 bits per heavy atom. The van der Waals surface area contributed by atoms with Crippen LogP contribution in [0.5, 0.6) is 0 Å². The number of imidazole rings is 1. The molecule has 3 N–H and O–H groups in total. The zero-order valence-electron chi connectivity index (χ0n) is 13.7. The molecule has 0 aliphatic heterocycles. The van der Waals surface area contributed by atoms with Crippen LogP contribution >= 0.6 is 0 Å². The van der Waals surface area contributed by atoms with E-state index in [1.807, 2.05) is 16.7 Å². The molecule has 1 aliphatic carbocycles. The number of carbonyl (C=O) groups excluding carboxylic acids is 1. The lowest BCUT2D eigenvalue weighted by Crippen LogP contribution is -2.11. The molecular formula is C17H16N6O3. The lowest BCUT2D eigenvalue weighted by Gasteiger charge is -2.06. The average molecular weight is 352 g/mol. The molecule has 0 spiro atoms. The fraction of sp³-hybridized carbons (Fsp3) is 0.235. The number of nitrogens with one attached hydrogen (secondary N) is 2. The highest BCUT2D eigenvalue weighted by molar-refractivity contribution is 5.85. The van der Waals surface area contributed by atoms with Crippen molar-refractivity contribution in [2.24, 2.45) is 0 Å². The van der Waals surface area contributed by atoms with Crippen LogP contribution in [-0.4, -0.2) is 36.8 Å². The topological polar surface area (TPSA) is 122 Å². The van der Waals surface area contributed by atoms with Gasteiger partial charge in [-0.1, -0.05) is 6.07 Å². The van der Waals surface area contributed by atoms with Crippen molar-refractivity contribution >= 4 is 29.7 Å². The van der Waals surface area contributed by atoms with E-state index in [-0.39, 0.29) is 11.6 Å². The molecule has 1 aliphatic rings. The van der Waals surface area contributed by atoms with E-state index in [0.717, 1.165) is 11.3 Å². The van der Waals surface area contributed by atoms with Gasteiger partial charge in [-0.3, -0.25) is 4.79 Å². The van der Waals surface area contributed by atoms with Gasteiger partial charge in [-0.05, 0) is 30.4 Å². The Morgan fingerprint density at radius 3 is 2.77 bits per heavy atom. The number of hydrogen-bond donors (Lipinski definition) is 3. The van der Waals surface area contributed by atoms with Gasteiger partial charge in [-0.2, -0.15) is 0 Å². The summed E-state index contributed by atoms with van der Waals surface area (Å²) in [6, 6.07) is 5.57. The summed E-state index contributed by atoms with van der Waals surface area (Å²) in [5.41, 5.74) is 2.96. The highest BCUT2D eigenvalue weighted by Gasteiger charge is 2.23. The quantitative estimate of drug-likeness (QED) is 0.555. The van der Waals surface area contributed by atoms with Gasteiger partial charge in [-0.25, -0.2) is 19.7 Å². The first-order chi connectivity index (χ1) is 12.6. The molecule has 0 unspecified atom stereocenters. The fourth-order valence-corrected chi connectivity index (χ4v) is 2.75. The van der Waals surface area contributed by atoms with Crippen LogP contribution < -0.4 is 10.6 Å². The van der Waals surface area contributed by atoms with E-state index in [1.165, 1.54) is 24.5 Å². The van der Waals surface area contributed by atoms with Crippen LogP contribution in [0.25, 0.3) is 5.65 Å². The van der Waals surface area contributed by atoms with E-state index in [4.69, 9.17) is 5.11 Å². The molecule has 3 heterocycles. The predicted octanol–water partition coefficient (Wildman–Crippen LogP) is 1.88. The predicted molar refractivity (Wildman–Crippen MR) is 93.2 cm³/mol. The molecule has 0 atom stereocenters. The second kappa shape index (κ2) is 6.43. The summed E-state index contributed by atoms with van der Waals surface area (Å²) in [7, 11) is 0. The standard InChI is InChI=1S/C17H16N6O3/c24-9-19-14-5-13(21-16(22-14)17(25)26)18-6-12-8-23-7-11(10-1-2-10)3-4-15(23)20-12/h3-5,7-10H,1-2,6H2,(H,25,26)(H2,18,19,21,22,24). The normalized spacial score (nSPS) is 13.5. The van der Waals surface area contributed by atoms with Gasteiger partial charge in [0.05, 0.1) is 12.2 Å². The van der Waals surface area contributed by atoms with Gasteiger partial charge >= 0.3 is 5.97 Å². The van der Waals surface area contributed by atoms with Crippen LogP contribution in [0, 0.1) is 0 Å². The van der Waals surface area contributed by atoms with Crippen molar-refractivity contribution in [2.75, 3.05) is 10.6 Å². The molecule has 3 aromatic heterocycles. The Bertz CT molecular complexity index is 995. The molecule has 9 heteroatoms. The van der Waals surface area contributed by atoms with E-state index in [1.54, 1.807) is 0 Å². The number of amides is 1. The Hall–Kier alpha value is -3.49. The van der Waals surface area contributed by atoms with Gasteiger partial charge in [0, 0.05) is 18.5 Å². The van der Waals surface area contributed by atoms with Gasteiger partial charge in [0.2, 0.25) is 12.2 Å². The first kappa shape index (κ1) is 16.0. The van der Waals surface area contributed by atoms with Crippen molar-refractivity contribution in [3.63, 3.8) is 0 Å². The average Bonchev–Trinajstić information content (AvgIpc) is 3.39. The Morgan fingerprint density at radius 1 is 1.23 bits per heavy atom. The molecular weight excluding hydrogens is 336 g/mol. The van der Waals surface area contributed by atoms with Gasteiger partial charge in [0.15, 0.2) is 0 Å². The summed E-state index contributed by atoms with van der Waals surface area (Å²) in [5.74, 6) is -0.606. The number of anilines is 2. The minimum Gasteiger partial charge on any atom is -0.475 e. The summed E-state index contributed by atoms with van der Waals surface area (Å²) in [5, 5.41) is 14.4. The zero-order valence-corrected chi connectivity index (χ0v) is 13.7. The van der Waals surface area contributed by atoms with Gasteiger partial charge in [0.1, 0.15) is 17.3 Å². The van der Waals surface area contributed by atoms with E-state index in [0.29, 0.717) is 18.9 Å². The molecule has 9 nitrogen and oxygen atoms in total. The maximum atomic E-state index is 11.1. The molecule has 0 radical (unpaired) electrons. The summed E-state index contributed by atoms with van der Waals surface area (Å²) in [6.07, 6.45) is 6.94. The van der Waals surface area contributed by atoms with Crippen LogP contribution in [-0.2, 0) is 11.3 Å². The lowest BCUT2D eigenvalue weighted by molar-refractivity contribution is -0.105. The second-order valence-electron chi connectivity index (χ2n) is 6.12. The zero-order chi connectivity index (χ0) is 18.1. The van der Waals surface area contributed by atoms with Crippen molar-refractivity contribution in [2.45, 2.75) is 25.3 Å². The van der Waals surface area contributed by atoms with E-state index >= 15 is 0 Å². The molecule has 1 fully saturated rings. The van der Waals surface area contributed by atoms with E-state index < -0.39 is 11.8 Å². The Balaban J connectivity index is 1.53. The Labute approximate surface area is 148 Å². The van der Waals surface area contributed by atoms with E-state index in [2.05, 4.69) is 37.8 Å². The number of fused-ring (bicyclic) bond motifs is 1. The third-order valence-electron chi connectivity index (χ3n) is 4.15. The van der Waals surface area contributed by atoms with Crippen molar-refractivity contribution in [3.05, 3.63) is 47.7 Å². The van der Waals surface area contributed by atoms with Gasteiger partial charge in [0.25, 0.3) is 0 Å². The lowest BCUT2D eigenvalue weighted by atomic mass is 10.2. The number of aromatic nitrogens is 4. The number of carboxylic acid groups (broad SMARTS) is 1. The van der Waals surface area contributed by atoms with Gasteiger partial charge < -0.3 is 20.1 Å². The highest BCUT2D eigenvalue weighted by Crippen LogP contribution is 2.39. The minimum absolute atomic E-state index is 0.110. The number of rotatable bonds is 7. The third-order valence-corrected chi connectivity index (χ3v) is 4.15. The van der Waals surface area contributed by atoms with Crippen LogP contribution in [0.4, 0.5) is 11.6 Å². The molecule has 3 aromatic rings. The van der Waals surface area contributed by atoms with Crippen molar-refractivity contribution in [3.8, 4) is 0 Å². The molecule has 26 heavy (non-hydrogen) atoms. The smallest absolute Gasteiger partial charge is 0.374 e. The number of nitrogens with zero attached hydrogens (tertiary/aromatic N) is 4. The Kier molecular flexibility index (Phi) is 3.96. The van der Waals surface area contributed by atoms with Crippen LogP contribution in [0.15, 0.2) is 30.6 Å². The second-order valence-corrected chi connectivity index (χ2v) is 6.12. The highest BCUT2D eigenvalue weighted by atomic mass is 16.4. The SMILES string of the molecule is O=CNc1cc(NCc2cn3cc(C4CC4)ccc3n2)nc(C(=O)O)n1.